The first-order valence-corrected chi connectivity index (χ1v) is 5.40. The summed E-state index contributed by atoms with van der Waals surface area (Å²) in [5.41, 5.74) is 0. The molecule has 0 rings (SSSR count). The summed E-state index contributed by atoms with van der Waals surface area (Å²) in [5, 5.41) is 0. The zero-order valence-corrected chi connectivity index (χ0v) is 13.3. The Bertz CT molecular complexity index is 250. The van der Waals surface area contributed by atoms with Crippen molar-refractivity contribution in [1.29, 1.82) is 0 Å². The van der Waals surface area contributed by atoms with E-state index in [2.05, 4.69) is 0 Å². The zero-order chi connectivity index (χ0) is 12.8. The third-order valence-corrected chi connectivity index (χ3v) is 1.95. The minimum Gasteiger partial charge on any atom is -1.00 e. The summed E-state index contributed by atoms with van der Waals surface area (Å²) in [6.45, 7) is 4.11. The predicted molar refractivity (Wildman–Crippen MR) is 59.7 cm³/mol. The normalized spacial score (nSPS) is 12.3. The molecule has 0 amide bonds. The highest BCUT2D eigenvalue weighted by Crippen LogP contribution is 2.02. The van der Waals surface area contributed by atoms with Gasteiger partial charge in [0.1, 0.15) is 13.2 Å². The van der Waals surface area contributed by atoms with Gasteiger partial charge in [0.15, 0.2) is 6.10 Å². The standard InChI is InChI=1S/C11H22NO4.HI/c1-6-10(16-9(2)13)11(14)15-8-7-12(3,4)5;/h10H,6-8H2,1-5H3;1H/q+1;/p-1. The van der Waals surface area contributed by atoms with Gasteiger partial charge in [-0.15, -0.1) is 0 Å². The number of esters is 2. The summed E-state index contributed by atoms with van der Waals surface area (Å²) in [4.78, 5) is 22.2. The molecule has 0 heterocycles. The van der Waals surface area contributed by atoms with Crippen LogP contribution in [0.25, 0.3) is 0 Å². The van der Waals surface area contributed by atoms with Crippen LogP contribution in [0.4, 0.5) is 0 Å². The minimum atomic E-state index is -0.773. The van der Waals surface area contributed by atoms with Crippen molar-refractivity contribution in [3.63, 3.8) is 0 Å². The van der Waals surface area contributed by atoms with Crippen LogP contribution in [-0.2, 0) is 19.1 Å². The van der Waals surface area contributed by atoms with Crippen molar-refractivity contribution in [1.82, 2.24) is 0 Å². The second kappa shape index (κ2) is 8.68. The summed E-state index contributed by atoms with van der Waals surface area (Å²) in [6, 6.07) is 0. The number of ether oxygens (including phenoxy) is 2. The zero-order valence-electron chi connectivity index (χ0n) is 11.2. The number of halogens is 1. The van der Waals surface area contributed by atoms with Gasteiger partial charge in [-0.2, -0.15) is 0 Å². The molecule has 0 N–H and O–H groups in total. The number of carbonyl (C=O) groups is 2. The first-order chi connectivity index (χ1) is 7.26. The number of rotatable bonds is 6. The Morgan fingerprint density at radius 1 is 1.24 bits per heavy atom. The molecule has 0 aromatic heterocycles. The maximum absolute atomic E-state index is 11.5. The molecule has 0 spiro atoms. The quantitative estimate of drug-likeness (QED) is 0.301. The third-order valence-electron chi connectivity index (χ3n) is 1.95. The summed E-state index contributed by atoms with van der Waals surface area (Å²) in [6.07, 6.45) is -0.340. The van der Waals surface area contributed by atoms with Crippen molar-refractivity contribution in [2.45, 2.75) is 26.4 Å². The molecule has 17 heavy (non-hydrogen) atoms. The molecule has 0 fully saturated rings. The smallest absolute Gasteiger partial charge is 0.347 e. The Hall–Kier alpha value is -0.370. The van der Waals surface area contributed by atoms with Gasteiger partial charge in [-0.1, -0.05) is 6.92 Å². The van der Waals surface area contributed by atoms with Crippen LogP contribution >= 0.6 is 0 Å². The Morgan fingerprint density at radius 2 is 1.76 bits per heavy atom. The summed E-state index contributed by atoms with van der Waals surface area (Å²) < 4.78 is 10.6. The lowest BCUT2D eigenvalue weighted by Crippen LogP contribution is -3.00. The van der Waals surface area contributed by atoms with Crippen molar-refractivity contribution in [3.05, 3.63) is 0 Å². The lowest BCUT2D eigenvalue weighted by Gasteiger charge is -2.23. The van der Waals surface area contributed by atoms with E-state index in [0.717, 1.165) is 11.0 Å². The topological polar surface area (TPSA) is 52.6 Å². The van der Waals surface area contributed by atoms with Gasteiger partial charge >= 0.3 is 11.9 Å². The lowest BCUT2D eigenvalue weighted by molar-refractivity contribution is -0.870. The molecule has 6 heteroatoms. The molecule has 0 aromatic rings. The van der Waals surface area contributed by atoms with Gasteiger partial charge in [-0.3, -0.25) is 4.79 Å². The molecule has 0 saturated carbocycles. The van der Waals surface area contributed by atoms with Crippen LogP contribution in [0, 0.1) is 0 Å². The van der Waals surface area contributed by atoms with Crippen LogP contribution < -0.4 is 24.0 Å². The second-order valence-electron chi connectivity index (χ2n) is 4.69. The van der Waals surface area contributed by atoms with E-state index in [-0.39, 0.29) is 24.0 Å². The van der Waals surface area contributed by atoms with Crippen molar-refractivity contribution in [2.75, 3.05) is 34.3 Å². The van der Waals surface area contributed by atoms with Crippen LogP contribution in [-0.4, -0.2) is 56.8 Å². The fourth-order valence-electron chi connectivity index (χ4n) is 1.01. The van der Waals surface area contributed by atoms with Crippen LogP contribution in [0.2, 0.25) is 0 Å². The average Bonchev–Trinajstić information content (AvgIpc) is 2.11. The number of carbonyl (C=O) groups excluding carboxylic acids is 2. The SMILES string of the molecule is CCC(OC(C)=O)C(=O)OCC[N+](C)(C)C.[I-]. The molecular formula is C11H22INO4. The first-order valence-electron chi connectivity index (χ1n) is 5.40. The van der Waals surface area contributed by atoms with E-state index >= 15 is 0 Å². The van der Waals surface area contributed by atoms with E-state index in [1.165, 1.54) is 6.92 Å². The Morgan fingerprint density at radius 3 is 2.12 bits per heavy atom. The Balaban J connectivity index is 0. The minimum absolute atomic E-state index is 0. The molecule has 5 nitrogen and oxygen atoms in total. The molecule has 1 atom stereocenters. The van der Waals surface area contributed by atoms with Crippen molar-refractivity contribution >= 4 is 11.9 Å². The maximum Gasteiger partial charge on any atom is 0.347 e. The molecule has 0 aliphatic carbocycles. The van der Waals surface area contributed by atoms with E-state index in [0.29, 0.717) is 13.0 Å². The predicted octanol–water partition coefficient (Wildman–Crippen LogP) is -2.42. The monoisotopic (exact) mass is 359 g/mol. The molecule has 1 unspecified atom stereocenters. The largest absolute Gasteiger partial charge is 1.00 e. The van der Waals surface area contributed by atoms with E-state index in [1.54, 1.807) is 6.92 Å². The van der Waals surface area contributed by atoms with Gasteiger partial charge in [-0.25, -0.2) is 4.79 Å². The molecule has 0 bridgehead atoms. The maximum atomic E-state index is 11.5. The third kappa shape index (κ3) is 10.5. The number of hydrogen-bond donors (Lipinski definition) is 0. The average molecular weight is 359 g/mol. The highest BCUT2D eigenvalue weighted by molar-refractivity contribution is 5.78. The van der Waals surface area contributed by atoms with Crippen LogP contribution in [0.5, 0.6) is 0 Å². The molecular weight excluding hydrogens is 337 g/mol. The second-order valence-corrected chi connectivity index (χ2v) is 4.69. The van der Waals surface area contributed by atoms with Gasteiger partial charge in [0.2, 0.25) is 0 Å². The molecule has 0 aliphatic rings. The van der Waals surface area contributed by atoms with Crippen molar-refractivity contribution in [2.24, 2.45) is 0 Å². The molecule has 0 aliphatic heterocycles. The highest BCUT2D eigenvalue weighted by atomic mass is 127. The fraction of sp³-hybridized carbons (Fsp3) is 0.818. The lowest BCUT2D eigenvalue weighted by atomic mass is 10.3. The number of likely N-dealkylation sites (N-methyl/N-ethyl adjacent to an activating group) is 1. The van der Waals surface area contributed by atoms with E-state index in [1.807, 2.05) is 21.1 Å². The summed E-state index contributed by atoms with van der Waals surface area (Å²) in [5.74, 6) is -0.929. The van der Waals surface area contributed by atoms with E-state index in [9.17, 15) is 9.59 Å². The van der Waals surface area contributed by atoms with Gasteiger partial charge in [0.05, 0.1) is 21.1 Å². The molecule has 102 valence electrons. The van der Waals surface area contributed by atoms with Crippen molar-refractivity contribution in [3.8, 4) is 0 Å². The van der Waals surface area contributed by atoms with E-state index < -0.39 is 18.0 Å². The van der Waals surface area contributed by atoms with Gasteiger partial charge < -0.3 is 37.9 Å². The number of quaternary nitrogens is 1. The highest BCUT2D eigenvalue weighted by Gasteiger charge is 2.21. The van der Waals surface area contributed by atoms with Gasteiger partial charge in [-0.05, 0) is 6.42 Å². The van der Waals surface area contributed by atoms with Crippen LogP contribution in [0.1, 0.15) is 20.3 Å². The first kappa shape index (κ1) is 19.0. The molecule has 0 aromatic carbocycles. The van der Waals surface area contributed by atoms with Gasteiger partial charge in [0.25, 0.3) is 0 Å². The summed E-state index contributed by atoms with van der Waals surface area (Å²) in [7, 11) is 6.03. The molecule has 0 saturated heterocycles. The molecule has 0 radical (unpaired) electrons. The Labute approximate surface area is 120 Å². The Kier molecular flexibility index (Phi) is 9.69. The van der Waals surface area contributed by atoms with Crippen molar-refractivity contribution < 1.29 is 47.5 Å². The number of nitrogens with zero attached hydrogens (tertiary/aromatic N) is 1. The van der Waals surface area contributed by atoms with Crippen LogP contribution in [0.3, 0.4) is 0 Å². The van der Waals surface area contributed by atoms with Gasteiger partial charge in [0, 0.05) is 6.92 Å². The number of hydrogen-bond acceptors (Lipinski definition) is 4. The fourth-order valence-corrected chi connectivity index (χ4v) is 1.01. The van der Waals surface area contributed by atoms with E-state index in [4.69, 9.17) is 9.47 Å². The summed E-state index contributed by atoms with van der Waals surface area (Å²) >= 11 is 0. The van der Waals surface area contributed by atoms with Crippen LogP contribution in [0.15, 0.2) is 0 Å².